The highest BCUT2D eigenvalue weighted by molar-refractivity contribution is 5.78. The molecule has 0 unspecified atom stereocenters. The van der Waals surface area contributed by atoms with Crippen molar-refractivity contribution in [1.82, 2.24) is 10.2 Å². The number of rotatable bonds is 6. The third kappa shape index (κ3) is 5.42. The maximum atomic E-state index is 11.4. The van der Waals surface area contributed by atoms with E-state index in [1.54, 1.807) is 0 Å². The standard InChI is InChI=1S/C10H20N2O/c1-5-12(6-2)10(13)8-11-7-9(3)4/h11H,3,5-8H2,1-2,4H3. The van der Waals surface area contributed by atoms with Gasteiger partial charge in [0.25, 0.3) is 0 Å². The van der Waals surface area contributed by atoms with Crippen LogP contribution in [0, 0.1) is 0 Å². The van der Waals surface area contributed by atoms with Crippen LogP contribution in [0.3, 0.4) is 0 Å². The first kappa shape index (κ1) is 12.2. The molecule has 0 aliphatic carbocycles. The summed E-state index contributed by atoms with van der Waals surface area (Å²) in [4.78, 5) is 13.2. The summed E-state index contributed by atoms with van der Waals surface area (Å²) in [6, 6.07) is 0. The van der Waals surface area contributed by atoms with Crippen LogP contribution in [0.4, 0.5) is 0 Å². The molecule has 0 aliphatic heterocycles. The minimum absolute atomic E-state index is 0.159. The summed E-state index contributed by atoms with van der Waals surface area (Å²) in [5, 5.41) is 3.04. The number of nitrogens with one attached hydrogen (secondary N) is 1. The molecule has 13 heavy (non-hydrogen) atoms. The van der Waals surface area contributed by atoms with E-state index in [9.17, 15) is 4.79 Å². The summed E-state index contributed by atoms with van der Waals surface area (Å²) in [6.45, 7) is 12.4. The highest BCUT2D eigenvalue weighted by Gasteiger charge is 2.07. The van der Waals surface area contributed by atoms with Gasteiger partial charge in [0, 0.05) is 19.6 Å². The van der Waals surface area contributed by atoms with Crippen molar-refractivity contribution in [2.45, 2.75) is 20.8 Å². The van der Waals surface area contributed by atoms with Gasteiger partial charge in [-0.1, -0.05) is 12.2 Å². The van der Waals surface area contributed by atoms with Gasteiger partial charge in [0.1, 0.15) is 0 Å². The van der Waals surface area contributed by atoms with Gasteiger partial charge < -0.3 is 10.2 Å². The molecule has 0 aromatic rings. The van der Waals surface area contributed by atoms with E-state index >= 15 is 0 Å². The molecule has 1 amide bonds. The SMILES string of the molecule is C=C(C)CNCC(=O)N(CC)CC. The molecule has 3 heteroatoms. The molecule has 0 aliphatic rings. The number of hydrogen-bond acceptors (Lipinski definition) is 2. The molecule has 0 saturated carbocycles. The van der Waals surface area contributed by atoms with E-state index in [1.807, 2.05) is 25.7 Å². The van der Waals surface area contributed by atoms with Crippen molar-refractivity contribution in [2.24, 2.45) is 0 Å². The number of carbonyl (C=O) groups excluding carboxylic acids is 1. The Labute approximate surface area is 80.8 Å². The molecule has 0 aromatic heterocycles. The van der Waals surface area contributed by atoms with E-state index in [0.717, 1.165) is 18.7 Å². The predicted molar refractivity (Wildman–Crippen MR) is 55.6 cm³/mol. The van der Waals surface area contributed by atoms with E-state index < -0.39 is 0 Å². The highest BCUT2D eigenvalue weighted by Crippen LogP contribution is 1.88. The van der Waals surface area contributed by atoms with Gasteiger partial charge in [-0.2, -0.15) is 0 Å². The van der Waals surface area contributed by atoms with Crippen LogP contribution in [0.15, 0.2) is 12.2 Å². The van der Waals surface area contributed by atoms with Crippen molar-refractivity contribution in [3.8, 4) is 0 Å². The number of hydrogen-bond donors (Lipinski definition) is 1. The first-order valence-electron chi connectivity index (χ1n) is 4.74. The summed E-state index contributed by atoms with van der Waals surface area (Å²) < 4.78 is 0. The molecule has 76 valence electrons. The second-order valence-corrected chi connectivity index (χ2v) is 3.13. The Kier molecular flexibility index (Phi) is 6.24. The zero-order chi connectivity index (χ0) is 10.3. The summed E-state index contributed by atoms with van der Waals surface area (Å²) in [7, 11) is 0. The minimum atomic E-state index is 0.159. The van der Waals surface area contributed by atoms with Crippen molar-refractivity contribution >= 4 is 5.91 Å². The van der Waals surface area contributed by atoms with Crippen LogP contribution in [0.2, 0.25) is 0 Å². The zero-order valence-electron chi connectivity index (χ0n) is 8.89. The summed E-state index contributed by atoms with van der Waals surface area (Å²) in [6.07, 6.45) is 0. The normalized spacial score (nSPS) is 9.77. The quantitative estimate of drug-likeness (QED) is 0.625. The van der Waals surface area contributed by atoms with E-state index in [-0.39, 0.29) is 5.91 Å². The van der Waals surface area contributed by atoms with E-state index in [2.05, 4.69) is 11.9 Å². The molecule has 0 saturated heterocycles. The van der Waals surface area contributed by atoms with Crippen LogP contribution in [0.5, 0.6) is 0 Å². The van der Waals surface area contributed by atoms with E-state index in [4.69, 9.17) is 0 Å². The van der Waals surface area contributed by atoms with Crippen molar-refractivity contribution < 1.29 is 4.79 Å². The summed E-state index contributed by atoms with van der Waals surface area (Å²) in [5.74, 6) is 0.159. The van der Waals surface area contributed by atoms with Gasteiger partial charge in [-0.25, -0.2) is 0 Å². The second kappa shape index (κ2) is 6.66. The van der Waals surface area contributed by atoms with Crippen LogP contribution >= 0.6 is 0 Å². The molecule has 3 nitrogen and oxygen atoms in total. The Bertz CT molecular complexity index is 174. The second-order valence-electron chi connectivity index (χ2n) is 3.13. The Morgan fingerprint density at radius 3 is 2.23 bits per heavy atom. The largest absolute Gasteiger partial charge is 0.342 e. The van der Waals surface area contributed by atoms with E-state index in [1.165, 1.54) is 0 Å². The highest BCUT2D eigenvalue weighted by atomic mass is 16.2. The maximum absolute atomic E-state index is 11.4. The van der Waals surface area contributed by atoms with Crippen molar-refractivity contribution in [1.29, 1.82) is 0 Å². The lowest BCUT2D eigenvalue weighted by Crippen LogP contribution is -2.38. The van der Waals surface area contributed by atoms with Gasteiger partial charge in [-0.05, 0) is 20.8 Å². The number of amides is 1. The average Bonchev–Trinajstić information content (AvgIpc) is 2.05. The number of nitrogens with zero attached hydrogens (tertiary/aromatic N) is 1. The van der Waals surface area contributed by atoms with Crippen LogP contribution in [-0.2, 0) is 4.79 Å². The fourth-order valence-corrected chi connectivity index (χ4v) is 1.07. The van der Waals surface area contributed by atoms with Gasteiger partial charge in [-0.3, -0.25) is 4.79 Å². The molecular weight excluding hydrogens is 164 g/mol. The summed E-state index contributed by atoms with van der Waals surface area (Å²) >= 11 is 0. The minimum Gasteiger partial charge on any atom is -0.342 e. The predicted octanol–water partition coefficient (Wildman–Crippen LogP) is 1.02. The number of likely N-dealkylation sites (N-methyl/N-ethyl adjacent to an activating group) is 1. The summed E-state index contributed by atoms with van der Waals surface area (Å²) in [5.41, 5.74) is 1.05. The first-order chi connectivity index (χ1) is 6.11. The van der Waals surface area contributed by atoms with Crippen LogP contribution < -0.4 is 5.32 Å². The Morgan fingerprint density at radius 2 is 1.85 bits per heavy atom. The Morgan fingerprint density at radius 1 is 1.31 bits per heavy atom. The molecule has 0 rings (SSSR count). The third-order valence-electron chi connectivity index (χ3n) is 1.82. The van der Waals surface area contributed by atoms with Crippen molar-refractivity contribution in [3.63, 3.8) is 0 Å². The Hall–Kier alpha value is -0.830. The number of carbonyl (C=O) groups is 1. The molecular formula is C10H20N2O. The maximum Gasteiger partial charge on any atom is 0.236 e. The van der Waals surface area contributed by atoms with Gasteiger partial charge >= 0.3 is 0 Å². The third-order valence-corrected chi connectivity index (χ3v) is 1.82. The van der Waals surface area contributed by atoms with E-state index in [0.29, 0.717) is 13.1 Å². The monoisotopic (exact) mass is 184 g/mol. The van der Waals surface area contributed by atoms with Gasteiger partial charge in [0.2, 0.25) is 5.91 Å². The first-order valence-corrected chi connectivity index (χ1v) is 4.74. The van der Waals surface area contributed by atoms with Crippen LogP contribution in [0.1, 0.15) is 20.8 Å². The van der Waals surface area contributed by atoms with Gasteiger partial charge in [0.15, 0.2) is 0 Å². The molecule has 0 aromatic carbocycles. The van der Waals surface area contributed by atoms with Crippen LogP contribution in [-0.4, -0.2) is 37.0 Å². The topological polar surface area (TPSA) is 32.3 Å². The lowest BCUT2D eigenvalue weighted by molar-refractivity contribution is -0.129. The smallest absolute Gasteiger partial charge is 0.236 e. The molecule has 0 atom stereocenters. The molecule has 0 fully saturated rings. The van der Waals surface area contributed by atoms with Crippen molar-refractivity contribution in [2.75, 3.05) is 26.2 Å². The molecule has 1 N–H and O–H groups in total. The van der Waals surface area contributed by atoms with Gasteiger partial charge in [-0.15, -0.1) is 0 Å². The lowest BCUT2D eigenvalue weighted by Gasteiger charge is -2.18. The fourth-order valence-electron chi connectivity index (χ4n) is 1.07. The zero-order valence-corrected chi connectivity index (χ0v) is 8.89. The molecule has 0 heterocycles. The van der Waals surface area contributed by atoms with Crippen LogP contribution in [0.25, 0.3) is 0 Å². The molecule has 0 spiro atoms. The van der Waals surface area contributed by atoms with Gasteiger partial charge in [0.05, 0.1) is 6.54 Å². The Balaban J connectivity index is 3.66. The lowest BCUT2D eigenvalue weighted by atomic mass is 10.3. The fraction of sp³-hybridized carbons (Fsp3) is 0.700. The molecule has 0 bridgehead atoms. The van der Waals surface area contributed by atoms with Crippen molar-refractivity contribution in [3.05, 3.63) is 12.2 Å². The molecule has 0 radical (unpaired) electrons. The average molecular weight is 184 g/mol.